The van der Waals surface area contributed by atoms with Crippen molar-refractivity contribution in [2.75, 3.05) is 11.9 Å². The minimum absolute atomic E-state index is 0.0476. The van der Waals surface area contributed by atoms with E-state index in [4.69, 9.17) is 5.73 Å². The van der Waals surface area contributed by atoms with E-state index in [0.717, 1.165) is 5.56 Å². The van der Waals surface area contributed by atoms with Crippen LogP contribution in [0.15, 0.2) is 60.8 Å². The number of hydrogen-bond acceptors (Lipinski definition) is 10. The number of hydrogen-bond donors (Lipinski definition) is 8. The van der Waals surface area contributed by atoms with Crippen LogP contribution in [-0.2, 0) is 43.4 Å². The first-order valence-corrected chi connectivity index (χ1v) is 14.9. The largest absolute Gasteiger partial charge is 0.508 e. The van der Waals surface area contributed by atoms with Gasteiger partial charge in [0.2, 0.25) is 29.5 Å². The number of carbonyl (C=O) groups is 5. The summed E-state index contributed by atoms with van der Waals surface area (Å²) in [5.74, 6) is -3.19. The Morgan fingerprint density at radius 2 is 1.38 bits per heavy atom. The Bertz CT molecular complexity index is 1470. The van der Waals surface area contributed by atoms with Crippen molar-refractivity contribution in [1.82, 2.24) is 26.3 Å². The predicted molar refractivity (Wildman–Crippen MR) is 167 cm³/mol. The van der Waals surface area contributed by atoms with Gasteiger partial charge < -0.3 is 42.5 Å². The van der Waals surface area contributed by atoms with Crippen molar-refractivity contribution in [3.63, 3.8) is 0 Å². The van der Waals surface area contributed by atoms with Crippen LogP contribution in [0.4, 0.5) is 5.13 Å². The lowest BCUT2D eigenvalue weighted by molar-refractivity contribution is -0.133. The monoisotopic (exact) mass is 639 g/mol. The van der Waals surface area contributed by atoms with Crippen molar-refractivity contribution < 1.29 is 34.2 Å². The second kappa shape index (κ2) is 16.7. The Balaban J connectivity index is 1.57. The van der Waals surface area contributed by atoms with Crippen molar-refractivity contribution in [3.05, 3.63) is 76.8 Å². The Hall–Kier alpha value is -5.02. The fourth-order valence-electron chi connectivity index (χ4n) is 4.09. The molecule has 4 unspecified atom stereocenters. The molecular formula is C30H37N7O7S. The molecule has 0 saturated carbocycles. The smallest absolute Gasteiger partial charge is 0.243 e. The van der Waals surface area contributed by atoms with Crippen LogP contribution >= 0.6 is 11.3 Å². The molecule has 4 atom stereocenters. The number of nitrogens with zero attached hydrogens (tertiary/aromatic N) is 1. The topological polar surface area (TPSA) is 225 Å². The average Bonchev–Trinajstić information content (AvgIpc) is 3.49. The highest BCUT2D eigenvalue weighted by molar-refractivity contribution is 7.15. The zero-order valence-electron chi connectivity index (χ0n) is 24.8. The highest BCUT2D eigenvalue weighted by atomic mass is 32.1. The van der Waals surface area contributed by atoms with Gasteiger partial charge in [0.25, 0.3) is 0 Å². The third kappa shape index (κ3) is 11.2. The molecule has 0 bridgehead atoms. The second-order valence-corrected chi connectivity index (χ2v) is 11.4. The average molecular weight is 640 g/mol. The fourth-order valence-corrected chi connectivity index (χ4v) is 4.76. The van der Waals surface area contributed by atoms with Crippen LogP contribution in [0.2, 0.25) is 0 Å². The number of aromatic nitrogens is 1. The molecule has 3 aromatic rings. The molecule has 45 heavy (non-hydrogen) atoms. The summed E-state index contributed by atoms with van der Waals surface area (Å²) in [6, 6.07) is 10.8. The number of anilines is 1. The van der Waals surface area contributed by atoms with Crippen LogP contribution in [0.25, 0.3) is 0 Å². The van der Waals surface area contributed by atoms with E-state index in [1.807, 2.05) is 6.07 Å². The maximum Gasteiger partial charge on any atom is 0.243 e. The van der Waals surface area contributed by atoms with E-state index in [1.165, 1.54) is 43.5 Å². The first kappa shape index (κ1) is 34.5. The number of nitrogens with one attached hydrogen (secondary N) is 5. The number of phenols is 1. The molecule has 0 spiro atoms. The third-order valence-corrected chi connectivity index (χ3v) is 7.52. The van der Waals surface area contributed by atoms with E-state index in [9.17, 15) is 34.2 Å². The van der Waals surface area contributed by atoms with Crippen LogP contribution in [0, 0.1) is 0 Å². The first-order valence-electron chi connectivity index (χ1n) is 14.1. The number of phenolic OH excluding ortho intramolecular Hbond substituents is 1. The summed E-state index contributed by atoms with van der Waals surface area (Å²) in [7, 11) is 0. The quantitative estimate of drug-likeness (QED) is 0.103. The molecule has 14 nitrogen and oxygen atoms in total. The molecule has 9 N–H and O–H groups in total. The molecule has 0 aliphatic carbocycles. The molecular weight excluding hydrogens is 602 g/mol. The summed E-state index contributed by atoms with van der Waals surface area (Å²) in [5, 5.41) is 32.2. The molecule has 0 aliphatic heterocycles. The van der Waals surface area contributed by atoms with Gasteiger partial charge in [-0.05, 0) is 37.1 Å². The third-order valence-electron chi connectivity index (χ3n) is 6.58. The van der Waals surface area contributed by atoms with Crippen molar-refractivity contribution in [3.8, 4) is 5.75 Å². The molecule has 2 aromatic carbocycles. The number of benzene rings is 2. The van der Waals surface area contributed by atoms with E-state index >= 15 is 0 Å². The van der Waals surface area contributed by atoms with Gasteiger partial charge in [0, 0.05) is 19.0 Å². The summed E-state index contributed by atoms with van der Waals surface area (Å²) >= 11 is 1.19. The van der Waals surface area contributed by atoms with Crippen molar-refractivity contribution in [1.29, 1.82) is 0 Å². The maximum atomic E-state index is 13.2. The summed E-state index contributed by atoms with van der Waals surface area (Å²) in [5.41, 5.74) is 6.88. The highest BCUT2D eigenvalue weighted by Crippen LogP contribution is 2.17. The van der Waals surface area contributed by atoms with E-state index in [0.29, 0.717) is 15.6 Å². The van der Waals surface area contributed by atoms with Crippen LogP contribution in [0.3, 0.4) is 0 Å². The molecule has 5 amide bonds. The molecule has 15 heteroatoms. The van der Waals surface area contributed by atoms with E-state index in [1.54, 1.807) is 36.4 Å². The standard InChI is InChI=1S/C30H37N7O7S/c1-17(27(42)34-18(2)28(43)37-23(26(31)41)12-20-8-10-21(39)11-9-20)35-29(44)24(13-19-6-4-3-5-7-19)36-25(40)15-33-30-32-14-22(16-38)45-30/h3-11,14,17-18,23-24,38-39H,12-13,15-16H2,1-2H3,(H2,31,41)(H,32,33)(H,34,42)(H,35,44)(H,36,40)(H,37,43). The molecule has 0 fully saturated rings. The number of aliphatic hydroxyl groups is 1. The van der Waals surface area contributed by atoms with E-state index < -0.39 is 53.7 Å². The number of thiazole rings is 1. The Morgan fingerprint density at radius 3 is 1.98 bits per heavy atom. The lowest BCUT2D eigenvalue weighted by Crippen LogP contribution is -2.57. The van der Waals surface area contributed by atoms with E-state index in [2.05, 4.69) is 31.6 Å². The van der Waals surface area contributed by atoms with Crippen molar-refractivity contribution in [2.24, 2.45) is 5.73 Å². The number of primary amides is 1. The Kier molecular flexibility index (Phi) is 12.8. The highest BCUT2D eigenvalue weighted by Gasteiger charge is 2.28. The van der Waals surface area contributed by atoms with Crippen molar-refractivity contribution in [2.45, 2.75) is 57.5 Å². The number of nitrogens with two attached hydrogens (primary N) is 1. The number of amides is 5. The van der Waals surface area contributed by atoms with Crippen LogP contribution in [0.5, 0.6) is 5.75 Å². The molecule has 1 heterocycles. The number of aromatic hydroxyl groups is 1. The predicted octanol–water partition coefficient (Wildman–Crippen LogP) is -0.297. The van der Waals surface area contributed by atoms with Crippen LogP contribution in [-0.4, -0.2) is 75.4 Å². The SMILES string of the molecule is CC(NC(=O)C(C)NC(=O)C(Cc1ccccc1)NC(=O)CNc1ncc(CO)s1)C(=O)NC(Cc1ccc(O)cc1)C(N)=O. The van der Waals surface area contributed by atoms with Crippen molar-refractivity contribution >= 4 is 46.0 Å². The number of aliphatic hydroxyl groups excluding tert-OH is 1. The normalized spacial score (nSPS) is 13.4. The lowest BCUT2D eigenvalue weighted by atomic mass is 10.0. The lowest BCUT2D eigenvalue weighted by Gasteiger charge is -2.23. The molecule has 240 valence electrons. The number of rotatable bonds is 16. The summed E-state index contributed by atoms with van der Waals surface area (Å²) < 4.78 is 0. The zero-order chi connectivity index (χ0) is 32.9. The molecule has 0 aliphatic rings. The molecule has 1 aromatic heterocycles. The van der Waals surface area contributed by atoms with Gasteiger partial charge in [-0.2, -0.15) is 0 Å². The molecule has 0 radical (unpaired) electrons. The van der Waals surface area contributed by atoms with Gasteiger partial charge in [-0.25, -0.2) is 4.98 Å². The minimum Gasteiger partial charge on any atom is -0.508 e. The maximum absolute atomic E-state index is 13.2. The van der Waals surface area contributed by atoms with Gasteiger partial charge in [-0.1, -0.05) is 53.8 Å². The number of carbonyl (C=O) groups excluding carboxylic acids is 5. The van der Waals surface area contributed by atoms with Gasteiger partial charge in [-0.15, -0.1) is 0 Å². The van der Waals surface area contributed by atoms with Gasteiger partial charge in [0.15, 0.2) is 5.13 Å². The Morgan fingerprint density at radius 1 is 0.800 bits per heavy atom. The first-order chi connectivity index (χ1) is 21.4. The second-order valence-electron chi connectivity index (χ2n) is 10.2. The van der Waals surface area contributed by atoms with Gasteiger partial charge in [0.05, 0.1) is 18.0 Å². The summed E-state index contributed by atoms with van der Waals surface area (Å²) in [6.07, 6.45) is 1.71. The summed E-state index contributed by atoms with van der Waals surface area (Å²) in [6.45, 7) is 2.49. The van der Waals surface area contributed by atoms with Gasteiger partial charge in [-0.3, -0.25) is 24.0 Å². The van der Waals surface area contributed by atoms with Gasteiger partial charge >= 0.3 is 0 Å². The molecule has 0 saturated heterocycles. The fraction of sp³-hybridized carbons (Fsp3) is 0.333. The zero-order valence-corrected chi connectivity index (χ0v) is 25.6. The van der Waals surface area contributed by atoms with Gasteiger partial charge in [0.1, 0.15) is 29.9 Å². The molecule has 3 rings (SSSR count). The summed E-state index contributed by atoms with van der Waals surface area (Å²) in [4.78, 5) is 68.2. The van der Waals surface area contributed by atoms with Crippen LogP contribution < -0.4 is 32.3 Å². The minimum atomic E-state index is -1.09. The van der Waals surface area contributed by atoms with Crippen LogP contribution in [0.1, 0.15) is 29.9 Å². The Labute approximate surface area is 263 Å². The van der Waals surface area contributed by atoms with E-state index in [-0.39, 0.29) is 31.7 Å².